The van der Waals surface area contributed by atoms with Crippen LogP contribution in [-0.2, 0) is 0 Å². The monoisotopic (exact) mass is 253 g/mol. The van der Waals surface area contributed by atoms with E-state index in [1.54, 1.807) is 0 Å². The molecule has 0 spiro atoms. The Morgan fingerprint density at radius 3 is 2.17 bits per heavy atom. The van der Waals surface area contributed by atoms with E-state index in [-0.39, 0.29) is 0 Å². The molecule has 0 saturated carbocycles. The van der Waals surface area contributed by atoms with Gasteiger partial charge in [0.15, 0.2) is 0 Å². The first-order valence-electron chi connectivity index (χ1n) is 8.45. The standard InChI is InChI=1S/C18H37/c1-6-12-18(8-3)15-17(5)14-11-9-10-13-16(4)7-2/h10,16-18H,6-9,11-15H2,1-5H3. The van der Waals surface area contributed by atoms with Gasteiger partial charge in [0.05, 0.1) is 0 Å². The summed E-state index contributed by atoms with van der Waals surface area (Å²) >= 11 is 0. The number of rotatable bonds is 12. The summed E-state index contributed by atoms with van der Waals surface area (Å²) in [6, 6.07) is 0. The second-order valence-corrected chi connectivity index (χ2v) is 6.37. The molecule has 18 heavy (non-hydrogen) atoms. The Labute approximate surface area is 117 Å². The third-order valence-electron chi connectivity index (χ3n) is 4.38. The molecule has 0 aliphatic rings. The van der Waals surface area contributed by atoms with Gasteiger partial charge < -0.3 is 0 Å². The van der Waals surface area contributed by atoms with Gasteiger partial charge >= 0.3 is 0 Å². The van der Waals surface area contributed by atoms with Crippen molar-refractivity contribution < 1.29 is 0 Å². The van der Waals surface area contributed by atoms with Crippen LogP contribution in [0.15, 0.2) is 0 Å². The van der Waals surface area contributed by atoms with Gasteiger partial charge in [-0.1, -0.05) is 79.6 Å². The van der Waals surface area contributed by atoms with Crippen molar-refractivity contribution >= 4 is 0 Å². The Morgan fingerprint density at radius 2 is 1.61 bits per heavy atom. The van der Waals surface area contributed by atoms with Crippen LogP contribution in [0.5, 0.6) is 0 Å². The van der Waals surface area contributed by atoms with Gasteiger partial charge in [0.2, 0.25) is 0 Å². The van der Waals surface area contributed by atoms with Gasteiger partial charge in [-0.25, -0.2) is 0 Å². The number of hydrogen-bond acceptors (Lipinski definition) is 0. The fourth-order valence-corrected chi connectivity index (χ4v) is 2.76. The number of hydrogen-bond donors (Lipinski definition) is 0. The Balaban J connectivity index is 3.49. The molecule has 3 atom stereocenters. The fourth-order valence-electron chi connectivity index (χ4n) is 2.76. The molecule has 109 valence electrons. The third-order valence-corrected chi connectivity index (χ3v) is 4.38. The SMILES string of the molecule is CCCC(CC)CC(C)CCC[CH]CC(C)CC. The summed E-state index contributed by atoms with van der Waals surface area (Å²) < 4.78 is 0. The first kappa shape index (κ1) is 18.0. The molecule has 0 aromatic carbocycles. The van der Waals surface area contributed by atoms with E-state index in [2.05, 4.69) is 41.0 Å². The summed E-state index contributed by atoms with van der Waals surface area (Å²) in [5.41, 5.74) is 0. The van der Waals surface area contributed by atoms with E-state index < -0.39 is 0 Å². The van der Waals surface area contributed by atoms with Crippen molar-refractivity contribution in [3.05, 3.63) is 6.42 Å². The van der Waals surface area contributed by atoms with Crippen LogP contribution >= 0.6 is 0 Å². The smallest absolute Gasteiger partial charge is 0.0383 e. The van der Waals surface area contributed by atoms with E-state index in [1.165, 1.54) is 57.8 Å². The summed E-state index contributed by atoms with van der Waals surface area (Å²) in [6.45, 7) is 11.8. The quantitative estimate of drug-likeness (QED) is 0.342. The Morgan fingerprint density at radius 1 is 0.889 bits per heavy atom. The molecular formula is C18H37. The maximum Gasteiger partial charge on any atom is -0.0383 e. The van der Waals surface area contributed by atoms with Crippen molar-refractivity contribution in [2.75, 3.05) is 0 Å². The van der Waals surface area contributed by atoms with Crippen molar-refractivity contribution in [2.24, 2.45) is 17.8 Å². The van der Waals surface area contributed by atoms with Crippen molar-refractivity contribution in [3.63, 3.8) is 0 Å². The summed E-state index contributed by atoms with van der Waals surface area (Å²) in [7, 11) is 0. The molecule has 0 fully saturated rings. The Bertz CT molecular complexity index is 161. The molecule has 0 saturated heterocycles. The van der Waals surface area contributed by atoms with Crippen molar-refractivity contribution in [2.45, 2.75) is 92.4 Å². The van der Waals surface area contributed by atoms with Crippen molar-refractivity contribution in [1.82, 2.24) is 0 Å². The lowest BCUT2D eigenvalue weighted by Gasteiger charge is -2.19. The van der Waals surface area contributed by atoms with E-state index in [9.17, 15) is 0 Å². The van der Waals surface area contributed by atoms with Crippen LogP contribution in [0.25, 0.3) is 0 Å². The molecule has 0 bridgehead atoms. The molecule has 1 radical (unpaired) electrons. The zero-order chi connectivity index (χ0) is 13.8. The highest BCUT2D eigenvalue weighted by Gasteiger charge is 2.10. The van der Waals surface area contributed by atoms with Crippen LogP contribution in [-0.4, -0.2) is 0 Å². The molecule has 0 heteroatoms. The van der Waals surface area contributed by atoms with Crippen LogP contribution in [0, 0.1) is 24.2 Å². The Kier molecular flexibility index (Phi) is 12.1. The summed E-state index contributed by atoms with van der Waals surface area (Å²) in [5, 5.41) is 0. The lowest BCUT2D eigenvalue weighted by molar-refractivity contribution is 0.339. The van der Waals surface area contributed by atoms with Crippen molar-refractivity contribution in [3.8, 4) is 0 Å². The Hall–Kier alpha value is 0. The molecule has 0 aliphatic heterocycles. The molecule has 0 N–H and O–H groups in total. The fraction of sp³-hybridized carbons (Fsp3) is 0.944. The minimum Gasteiger partial charge on any atom is -0.0654 e. The van der Waals surface area contributed by atoms with E-state index in [0.29, 0.717) is 0 Å². The van der Waals surface area contributed by atoms with Gasteiger partial charge in [-0.2, -0.15) is 0 Å². The summed E-state index contributed by atoms with van der Waals surface area (Å²) in [4.78, 5) is 0. The van der Waals surface area contributed by atoms with Gasteiger partial charge in [0.25, 0.3) is 0 Å². The lowest BCUT2D eigenvalue weighted by atomic mass is 9.87. The van der Waals surface area contributed by atoms with Gasteiger partial charge in [-0.15, -0.1) is 0 Å². The van der Waals surface area contributed by atoms with E-state index in [4.69, 9.17) is 0 Å². The summed E-state index contributed by atoms with van der Waals surface area (Å²) in [6.07, 6.45) is 14.9. The van der Waals surface area contributed by atoms with E-state index in [0.717, 1.165) is 17.8 Å². The van der Waals surface area contributed by atoms with Gasteiger partial charge in [-0.3, -0.25) is 0 Å². The van der Waals surface area contributed by atoms with E-state index in [1.807, 2.05) is 0 Å². The molecule has 0 aromatic heterocycles. The highest BCUT2D eigenvalue weighted by atomic mass is 14.2. The van der Waals surface area contributed by atoms with E-state index >= 15 is 0 Å². The average Bonchev–Trinajstić information content (AvgIpc) is 2.37. The minimum absolute atomic E-state index is 0.886. The predicted molar refractivity (Wildman–Crippen MR) is 84.7 cm³/mol. The molecule has 0 aliphatic carbocycles. The molecule has 0 aromatic rings. The molecular weight excluding hydrogens is 216 g/mol. The lowest BCUT2D eigenvalue weighted by Crippen LogP contribution is -2.06. The maximum absolute atomic E-state index is 2.52. The second-order valence-electron chi connectivity index (χ2n) is 6.37. The molecule has 0 rings (SSSR count). The minimum atomic E-state index is 0.886. The van der Waals surface area contributed by atoms with Crippen LogP contribution < -0.4 is 0 Å². The predicted octanol–water partition coefficient (Wildman–Crippen LogP) is 6.65. The zero-order valence-corrected chi connectivity index (χ0v) is 13.7. The highest BCUT2D eigenvalue weighted by molar-refractivity contribution is 4.69. The van der Waals surface area contributed by atoms with Gasteiger partial charge in [0, 0.05) is 0 Å². The maximum atomic E-state index is 2.52. The first-order chi connectivity index (χ1) is 8.63. The third kappa shape index (κ3) is 9.97. The first-order valence-corrected chi connectivity index (χ1v) is 8.45. The molecule has 0 amide bonds. The van der Waals surface area contributed by atoms with Crippen molar-refractivity contribution in [1.29, 1.82) is 0 Å². The molecule has 3 unspecified atom stereocenters. The van der Waals surface area contributed by atoms with Crippen LogP contribution in [0.2, 0.25) is 0 Å². The largest absolute Gasteiger partial charge is 0.0654 e. The second kappa shape index (κ2) is 12.1. The molecule has 0 nitrogen and oxygen atoms in total. The molecule has 0 heterocycles. The summed E-state index contributed by atoms with van der Waals surface area (Å²) in [5.74, 6) is 2.80. The van der Waals surface area contributed by atoms with Gasteiger partial charge in [0.1, 0.15) is 0 Å². The number of unbranched alkanes of at least 4 members (excludes halogenated alkanes) is 2. The van der Waals surface area contributed by atoms with Gasteiger partial charge in [-0.05, 0) is 37.0 Å². The average molecular weight is 253 g/mol. The zero-order valence-electron chi connectivity index (χ0n) is 13.7. The van der Waals surface area contributed by atoms with Crippen LogP contribution in [0.1, 0.15) is 92.4 Å². The van der Waals surface area contributed by atoms with Crippen LogP contribution in [0.3, 0.4) is 0 Å². The topological polar surface area (TPSA) is 0 Å². The van der Waals surface area contributed by atoms with Crippen LogP contribution in [0.4, 0.5) is 0 Å². The normalized spacial score (nSPS) is 16.5. The highest BCUT2D eigenvalue weighted by Crippen LogP contribution is 2.24.